The lowest BCUT2D eigenvalue weighted by molar-refractivity contribution is -0.117. The Morgan fingerprint density at radius 2 is 2.29 bits per heavy atom. The number of thiophene rings is 1. The number of allylic oxidation sites excluding steroid dienone is 2. The fourth-order valence-electron chi connectivity index (χ4n) is 3.25. The summed E-state index contributed by atoms with van der Waals surface area (Å²) in [5.74, 6) is 1.34. The molecule has 2 aromatic heterocycles. The lowest BCUT2D eigenvalue weighted by Crippen LogP contribution is -2.33. The molecule has 108 valence electrons. The molecule has 0 spiro atoms. The second-order valence-corrected chi connectivity index (χ2v) is 6.80. The van der Waals surface area contributed by atoms with Crippen LogP contribution in [0.5, 0.6) is 0 Å². The summed E-state index contributed by atoms with van der Waals surface area (Å²) in [4.78, 5) is 18.1. The van der Waals surface area contributed by atoms with Crippen LogP contribution in [0.25, 0.3) is 0 Å². The standard InChI is InChI=1S/C15H16N4OS/c1-8-5-10-12(11(20)6-8)13(14-9(2)3-4-21-14)19-15(18-10)16-7-17-19/h3-4,7-8,13H,5-6H2,1-2H3,(H,16,17,18)/t8-,13-/m1/s1. The maximum Gasteiger partial charge on any atom is 0.226 e. The van der Waals surface area contributed by atoms with E-state index >= 15 is 0 Å². The first-order valence-corrected chi connectivity index (χ1v) is 8.00. The number of aryl methyl sites for hydroxylation is 1. The Bertz CT molecular complexity index is 757. The SMILES string of the molecule is Cc1ccsc1[C@H]1C2=C(C[C@@H](C)CC2=O)Nc2ncnn21. The van der Waals surface area contributed by atoms with E-state index in [4.69, 9.17) is 0 Å². The molecule has 0 fully saturated rings. The first-order valence-electron chi connectivity index (χ1n) is 7.12. The number of carbonyl (C=O) groups excluding carboxylic acids is 1. The van der Waals surface area contributed by atoms with Gasteiger partial charge < -0.3 is 5.32 Å². The first kappa shape index (κ1) is 12.8. The van der Waals surface area contributed by atoms with Crippen LogP contribution in [-0.4, -0.2) is 20.5 Å². The molecule has 0 radical (unpaired) electrons. The third-order valence-corrected chi connectivity index (χ3v) is 5.29. The van der Waals surface area contributed by atoms with E-state index in [9.17, 15) is 4.79 Å². The first-order chi connectivity index (χ1) is 10.1. The molecule has 2 aromatic rings. The zero-order valence-corrected chi connectivity index (χ0v) is 12.8. The zero-order chi connectivity index (χ0) is 14.6. The summed E-state index contributed by atoms with van der Waals surface area (Å²) in [5, 5.41) is 9.72. The number of rotatable bonds is 1. The van der Waals surface area contributed by atoms with Gasteiger partial charge in [-0.2, -0.15) is 10.1 Å². The Labute approximate surface area is 126 Å². The topological polar surface area (TPSA) is 59.8 Å². The van der Waals surface area contributed by atoms with Gasteiger partial charge in [-0.25, -0.2) is 4.68 Å². The molecule has 0 unspecified atom stereocenters. The zero-order valence-electron chi connectivity index (χ0n) is 12.0. The van der Waals surface area contributed by atoms with Gasteiger partial charge in [0.25, 0.3) is 0 Å². The number of nitrogens with zero attached hydrogens (tertiary/aromatic N) is 3. The normalized spacial score (nSPS) is 24.6. The smallest absolute Gasteiger partial charge is 0.226 e. The van der Waals surface area contributed by atoms with Gasteiger partial charge in [0, 0.05) is 22.6 Å². The van der Waals surface area contributed by atoms with E-state index in [2.05, 4.69) is 40.7 Å². The van der Waals surface area contributed by atoms with Gasteiger partial charge in [-0.3, -0.25) is 4.79 Å². The summed E-state index contributed by atoms with van der Waals surface area (Å²) in [7, 11) is 0. The van der Waals surface area contributed by atoms with Crippen molar-refractivity contribution in [1.82, 2.24) is 14.8 Å². The van der Waals surface area contributed by atoms with E-state index in [-0.39, 0.29) is 11.8 Å². The number of Topliss-reactive ketones (excluding diaryl/α,β-unsaturated/α-hetero) is 1. The molecule has 4 rings (SSSR count). The molecule has 1 N–H and O–H groups in total. The molecule has 2 atom stereocenters. The van der Waals surface area contributed by atoms with Gasteiger partial charge in [0.1, 0.15) is 12.4 Å². The Kier molecular flexibility index (Phi) is 2.75. The van der Waals surface area contributed by atoms with Crippen molar-refractivity contribution in [3.05, 3.63) is 39.5 Å². The van der Waals surface area contributed by atoms with Crippen molar-refractivity contribution in [2.75, 3.05) is 5.32 Å². The molecule has 0 amide bonds. The van der Waals surface area contributed by atoms with Crippen LogP contribution in [0.1, 0.15) is 36.2 Å². The van der Waals surface area contributed by atoms with E-state index in [0.29, 0.717) is 12.3 Å². The number of anilines is 1. The number of hydrogen-bond acceptors (Lipinski definition) is 5. The van der Waals surface area contributed by atoms with Crippen molar-refractivity contribution in [1.29, 1.82) is 0 Å². The maximum atomic E-state index is 12.6. The van der Waals surface area contributed by atoms with Crippen molar-refractivity contribution in [2.45, 2.75) is 32.7 Å². The Hall–Kier alpha value is -1.95. The van der Waals surface area contributed by atoms with Crippen LogP contribution >= 0.6 is 11.3 Å². The summed E-state index contributed by atoms with van der Waals surface area (Å²) in [6, 6.07) is 1.97. The highest BCUT2D eigenvalue weighted by Gasteiger charge is 2.38. The molecule has 0 saturated carbocycles. The largest absolute Gasteiger partial charge is 0.328 e. The predicted molar refractivity (Wildman–Crippen MR) is 81.3 cm³/mol. The maximum absolute atomic E-state index is 12.6. The van der Waals surface area contributed by atoms with Gasteiger partial charge in [0.05, 0.1) is 0 Å². The highest BCUT2D eigenvalue weighted by molar-refractivity contribution is 7.10. The van der Waals surface area contributed by atoms with E-state index in [1.807, 2.05) is 4.68 Å². The predicted octanol–water partition coefficient (Wildman–Crippen LogP) is 2.92. The molecule has 2 aliphatic rings. The lowest BCUT2D eigenvalue weighted by atomic mass is 9.82. The molecular weight excluding hydrogens is 284 g/mol. The molecule has 3 heterocycles. The fourth-order valence-corrected chi connectivity index (χ4v) is 4.27. The number of carbonyl (C=O) groups is 1. The summed E-state index contributed by atoms with van der Waals surface area (Å²) in [6.07, 6.45) is 3.06. The highest BCUT2D eigenvalue weighted by atomic mass is 32.1. The molecule has 6 heteroatoms. The van der Waals surface area contributed by atoms with Gasteiger partial charge in [-0.1, -0.05) is 6.92 Å². The average Bonchev–Trinajstić information content (AvgIpc) is 3.04. The molecule has 0 aromatic carbocycles. The lowest BCUT2D eigenvalue weighted by Gasteiger charge is -2.33. The van der Waals surface area contributed by atoms with Crippen LogP contribution in [0.3, 0.4) is 0 Å². The molecule has 0 saturated heterocycles. The second kappa shape index (κ2) is 4.53. The monoisotopic (exact) mass is 300 g/mol. The summed E-state index contributed by atoms with van der Waals surface area (Å²) >= 11 is 1.68. The second-order valence-electron chi connectivity index (χ2n) is 5.85. The number of nitrogens with one attached hydrogen (secondary N) is 1. The van der Waals surface area contributed by atoms with Gasteiger partial charge >= 0.3 is 0 Å². The minimum atomic E-state index is -0.126. The Balaban J connectivity index is 1.93. The van der Waals surface area contributed by atoms with Crippen LogP contribution < -0.4 is 5.32 Å². The summed E-state index contributed by atoms with van der Waals surface area (Å²) in [5.41, 5.74) is 3.10. The number of hydrogen-bond donors (Lipinski definition) is 1. The molecule has 0 bridgehead atoms. The van der Waals surface area contributed by atoms with Gasteiger partial charge in [-0.05, 0) is 36.3 Å². The van der Waals surface area contributed by atoms with Crippen LogP contribution in [0, 0.1) is 12.8 Å². The molecule has 5 nitrogen and oxygen atoms in total. The van der Waals surface area contributed by atoms with E-state index in [1.54, 1.807) is 17.7 Å². The van der Waals surface area contributed by atoms with Gasteiger partial charge in [0.15, 0.2) is 5.78 Å². The van der Waals surface area contributed by atoms with Crippen molar-refractivity contribution >= 4 is 23.1 Å². The van der Waals surface area contributed by atoms with E-state index < -0.39 is 0 Å². The number of ketones is 1. The van der Waals surface area contributed by atoms with Crippen LogP contribution in [0.2, 0.25) is 0 Å². The van der Waals surface area contributed by atoms with Crippen molar-refractivity contribution in [2.24, 2.45) is 5.92 Å². The molecule has 21 heavy (non-hydrogen) atoms. The van der Waals surface area contributed by atoms with E-state index in [0.717, 1.165) is 23.6 Å². The molecule has 1 aliphatic carbocycles. The van der Waals surface area contributed by atoms with Crippen molar-refractivity contribution in [3.63, 3.8) is 0 Å². The van der Waals surface area contributed by atoms with Crippen LogP contribution in [0.4, 0.5) is 5.95 Å². The van der Waals surface area contributed by atoms with Crippen molar-refractivity contribution in [3.8, 4) is 0 Å². The summed E-state index contributed by atoms with van der Waals surface area (Å²) in [6.45, 7) is 4.20. The number of fused-ring (bicyclic) bond motifs is 1. The Morgan fingerprint density at radius 3 is 3.05 bits per heavy atom. The fraction of sp³-hybridized carbons (Fsp3) is 0.400. The minimum Gasteiger partial charge on any atom is -0.328 e. The summed E-state index contributed by atoms with van der Waals surface area (Å²) < 4.78 is 1.84. The van der Waals surface area contributed by atoms with Gasteiger partial charge in [0.2, 0.25) is 5.95 Å². The highest BCUT2D eigenvalue weighted by Crippen LogP contribution is 2.43. The molecular formula is C15H16N4OS. The third-order valence-electron chi connectivity index (χ3n) is 4.22. The van der Waals surface area contributed by atoms with E-state index in [1.165, 1.54) is 10.4 Å². The van der Waals surface area contributed by atoms with Crippen LogP contribution in [0.15, 0.2) is 29.0 Å². The number of aromatic nitrogens is 3. The molecule has 1 aliphatic heterocycles. The van der Waals surface area contributed by atoms with Crippen molar-refractivity contribution < 1.29 is 4.79 Å². The quantitative estimate of drug-likeness (QED) is 0.879. The third kappa shape index (κ3) is 1.86. The van der Waals surface area contributed by atoms with Gasteiger partial charge in [-0.15, -0.1) is 11.3 Å². The average molecular weight is 300 g/mol. The minimum absolute atomic E-state index is 0.126. The Morgan fingerprint density at radius 1 is 1.43 bits per heavy atom. The van der Waals surface area contributed by atoms with Crippen LogP contribution in [-0.2, 0) is 4.79 Å².